The molecule has 1 N–H and O–H groups in total. The molecule has 0 amide bonds. The summed E-state index contributed by atoms with van der Waals surface area (Å²) in [5, 5.41) is 9.68. The molecular formula is C16H15ClO2. The van der Waals surface area contributed by atoms with Gasteiger partial charge in [-0.25, -0.2) is 0 Å². The molecule has 1 fully saturated rings. The van der Waals surface area contributed by atoms with Crippen LogP contribution in [0, 0.1) is 0 Å². The largest absolute Gasteiger partial charge is 0.489 e. The van der Waals surface area contributed by atoms with Crippen molar-refractivity contribution in [2.75, 3.05) is 0 Å². The van der Waals surface area contributed by atoms with Crippen LogP contribution in [0.3, 0.4) is 0 Å². The van der Waals surface area contributed by atoms with E-state index < -0.39 is 0 Å². The van der Waals surface area contributed by atoms with Crippen LogP contribution in [0.15, 0.2) is 42.5 Å². The number of rotatable bonds is 4. The minimum absolute atomic E-state index is 0.0647. The number of halogens is 1. The van der Waals surface area contributed by atoms with Gasteiger partial charge in [-0.15, -0.1) is 0 Å². The maximum absolute atomic E-state index is 9.03. The third-order valence-corrected chi connectivity index (χ3v) is 3.52. The van der Waals surface area contributed by atoms with Crippen molar-refractivity contribution in [2.24, 2.45) is 0 Å². The van der Waals surface area contributed by atoms with E-state index in [1.807, 2.05) is 42.5 Å². The van der Waals surface area contributed by atoms with Gasteiger partial charge in [0, 0.05) is 0 Å². The maximum Gasteiger partial charge on any atom is 0.138 e. The van der Waals surface area contributed by atoms with Gasteiger partial charge in [-0.3, -0.25) is 0 Å². The Labute approximate surface area is 117 Å². The lowest BCUT2D eigenvalue weighted by molar-refractivity contribution is 0.282. The van der Waals surface area contributed by atoms with Crippen LogP contribution < -0.4 is 4.74 Å². The molecule has 0 spiro atoms. The molecular weight excluding hydrogens is 260 g/mol. The lowest BCUT2D eigenvalue weighted by Gasteiger charge is -2.09. The Hall–Kier alpha value is -1.51. The second-order valence-corrected chi connectivity index (χ2v) is 5.22. The monoisotopic (exact) mass is 274 g/mol. The van der Waals surface area contributed by atoms with E-state index in [9.17, 15) is 0 Å². The Morgan fingerprint density at radius 1 is 1.05 bits per heavy atom. The highest BCUT2D eigenvalue weighted by Gasteiger charge is 2.24. The van der Waals surface area contributed by atoms with Crippen LogP contribution in [0.5, 0.6) is 5.75 Å². The number of aliphatic hydroxyl groups is 1. The molecule has 0 heterocycles. The summed E-state index contributed by atoms with van der Waals surface area (Å²) in [4.78, 5) is 0. The molecule has 0 saturated heterocycles. The Morgan fingerprint density at radius 2 is 1.74 bits per heavy atom. The summed E-state index contributed by atoms with van der Waals surface area (Å²) in [7, 11) is 0. The van der Waals surface area contributed by atoms with Gasteiger partial charge in [-0.1, -0.05) is 41.9 Å². The van der Waals surface area contributed by atoms with Gasteiger partial charge in [0.25, 0.3) is 0 Å². The topological polar surface area (TPSA) is 29.5 Å². The van der Waals surface area contributed by atoms with E-state index in [0.717, 1.165) is 35.3 Å². The van der Waals surface area contributed by atoms with Gasteiger partial charge in [-0.05, 0) is 41.7 Å². The van der Waals surface area contributed by atoms with Crippen LogP contribution in [-0.4, -0.2) is 11.2 Å². The Kier molecular flexibility index (Phi) is 3.45. The highest BCUT2D eigenvalue weighted by atomic mass is 35.5. The zero-order chi connectivity index (χ0) is 13.2. The van der Waals surface area contributed by atoms with Crippen molar-refractivity contribution < 1.29 is 9.84 Å². The van der Waals surface area contributed by atoms with Crippen molar-refractivity contribution in [3.63, 3.8) is 0 Å². The second kappa shape index (κ2) is 5.24. The maximum atomic E-state index is 9.03. The highest BCUT2D eigenvalue weighted by molar-refractivity contribution is 6.32. The average Bonchev–Trinajstić information content (AvgIpc) is 3.25. The van der Waals surface area contributed by atoms with E-state index >= 15 is 0 Å². The minimum atomic E-state index is 0.0647. The quantitative estimate of drug-likeness (QED) is 0.912. The SMILES string of the molecule is OCc1ccc(-c2ccc(OC3CC3)c(Cl)c2)cc1. The fourth-order valence-electron chi connectivity index (χ4n) is 1.94. The van der Waals surface area contributed by atoms with Crippen LogP contribution in [0.1, 0.15) is 18.4 Å². The standard InChI is InChI=1S/C16H15ClO2/c17-15-9-13(5-8-16(15)19-14-6-7-14)12-3-1-11(10-18)2-4-12/h1-5,8-9,14,18H,6-7,10H2. The van der Waals surface area contributed by atoms with Crippen molar-refractivity contribution in [3.8, 4) is 16.9 Å². The zero-order valence-electron chi connectivity index (χ0n) is 10.5. The fourth-order valence-corrected chi connectivity index (χ4v) is 2.17. The highest BCUT2D eigenvalue weighted by Crippen LogP contribution is 2.34. The average molecular weight is 275 g/mol. The smallest absolute Gasteiger partial charge is 0.138 e. The van der Waals surface area contributed by atoms with Crippen molar-refractivity contribution in [1.29, 1.82) is 0 Å². The van der Waals surface area contributed by atoms with Gasteiger partial charge in [0.05, 0.1) is 17.7 Å². The van der Waals surface area contributed by atoms with Crippen LogP contribution in [0.25, 0.3) is 11.1 Å². The number of benzene rings is 2. The summed E-state index contributed by atoms with van der Waals surface area (Å²) in [6.45, 7) is 0.0647. The summed E-state index contributed by atoms with van der Waals surface area (Å²) in [5.41, 5.74) is 3.04. The van der Waals surface area contributed by atoms with E-state index in [0.29, 0.717) is 11.1 Å². The van der Waals surface area contributed by atoms with Crippen LogP contribution in [0.2, 0.25) is 5.02 Å². The molecule has 19 heavy (non-hydrogen) atoms. The van der Waals surface area contributed by atoms with Crippen LogP contribution in [0.4, 0.5) is 0 Å². The molecule has 1 saturated carbocycles. The predicted molar refractivity (Wildman–Crippen MR) is 76.5 cm³/mol. The van der Waals surface area contributed by atoms with E-state index in [-0.39, 0.29) is 6.61 Å². The lowest BCUT2D eigenvalue weighted by atomic mass is 10.0. The lowest BCUT2D eigenvalue weighted by Crippen LogP contribution is -1.96. The van der Waals surface area contributed by atoms with Gasteiger partial charge in [0.15, 0.2) is 0 Å². The molecule has 3 heteroatoms. The predicted octanol–water partition coefficient (Wildman–Crippen LogP) is 4.04. The molecule has 2 aromatic carbocycles. The molecule has 2 nitrogen and oxygen atoms in total. The van der Waals surface area contributed by atoms with E-state index in [1.165, 1.54) is 0 Å². The van der Waals surface area contributed by atoms with Crippen LogP contribution >= 0.6 is 11.6 Å². The number of hydrogen-bond acceptors (Lipinski definition) is 2. The molecule has 98 valence electrons. The molecule has 2 aromatic rings. The van der Waals surface area contributed by atoms with E-state index in [1.54, 1.807) is 0 Å². The normalized spacial score (nSPS) is 14.4. The first kappa shape index (κ1) is 12.5. The van der Waals surface area contributed by atoms with Crippen molar-refractivity contribution >= 4 is 11.6 Å². The van der Waals surface area contributed by atoms with Gasteiger partial charge in [0.1, 0.15) is 5.75 Å². The molecule has 0 aliphatic heterocycles. The minimum Gasteiger partial charge on any atom is -0.489 e. The number of hydrogen-bond donors (Lipinski definition) is 1. The first-order valence-corrected chi connectivity index (χ1v) is 6.80. The van der Waals surface area contributed by atoms with Gasteiger partial charge in [-0.2, -0.15) is 0 Å². The third-order valence-electron chi connectivity index (χ3n) is 3.22. The molecule has 3 rings (SSSR count). The molecule has 0 aromatic heterocycles. The molecule has 1 aliphatic carbocycles. The Balaban J connectivity index is 1.85. The summed E-state index contributed by atoms with van der Waals surface area (Å²) in [5.74, 6) is 0.764. The molecule has 0 unspecified atom stereocenters. The molecule has 0 atom stereocenters. The number of ether oxygens (including phenoxy) is 1. The van der Waals surface area contributed by atoms with Gasteiger partial charge < -0.3 is 9.84 Å². The first-order chi connectivity index (χ1) is 9.26. The molecule has 0 bridgehead atoms. The Bertz CT molecular complexity index is 574. The van der Waals surface area contributed by atoms with E-state index in [4.69, 9.17) is 21.4 Å². The van der Waals surface area contributed by atoms with Crippen molar-refractivity contribution in [2.45, 2.75) is 25.6 Å². The van der Waals surface area contributed by atoms with Crippen molar-refractivity contribution in [1.82, 2.24) is 0 Å². The zero-order valence-corrected chi connectivity index (χ0v) is 11.2. The fraction of sp³-hybridized carbons (Fsp3) is 0.250. The first-order valence-electron chi connectivity index (χ1n) is 6.42. The third kappa shape index (κ3) is 2.91. The van der Waals surface area contributed by atoms with Crippen LogP contribution in [-0.2, 0) is 6.61 Å². The van der Waals surface area contributed by atoms with Gasteiger partial charge in [0.2, 0.25) is 0 Å². The van der Waals surface area contributed by atoms with Gasteiger partial charge >= 0.3 is 0 Å². The Morgan fingerprint density at radius 3 is 2.32 bits per heavy atom. The van der Waals surface area contributed by atoms with Crippen molar-refractivity contribution in [3.05, 3.63) is 53.1 Å². The molecule has 1 aliphatic rings. The summed E-state index contributed by atoms with van der Waals surface area (Å²) >= 11 is 6.24. The summed E-state index contributed by atoms with van der Waals surface area (Å²) in [6.07, 6.45) is 2.61. The van der Waals surface area contributed by atoms with E-state index in [2.05, 4.69) is 0 Å². The second-order valence-electron chi connectivity index (χ2n) is 4.82. The molecule has 0 radical (unpaired) electrons. The summed E-state index contributed by atoms with van der Waals surface area (Å²) in [6, 6.07) is 13.7. The number of aliphatic hydroxyl groups excluding tert-OH is 1. The summed E-state index contributed by atoms with van der Waals surface area (Å²) < 4.78 is 5.72.